The van der Waals surface area contributed by atoms with Crippen LogP contribution in [-0.2, 0) is 4.79 Å². The third-order valence-electron chi connectivity index (χ3n) is 3.61. The van der Waals surface area contributed by atoms with Gasteiger partial charge in [0.05, 0.1) is 18.4 Å². The van der Waals surface area contributed by atoms with Gasteiger partial charge in [0.1, 0.15) is 5.82 Å². The highest BCUT2D eigenvalue weighted by atomic mass is 32.1. The minimum Gasteiger partial charge on any atom is -0.369 e. The summed E-state index contributed by atoms with van der Waals surface area (Å²) in [5, 5.41) is 8.36. The number of hydrogen-bond acceptors (Lipinski definition) is 5. The molecule has 0 bridgehead atoms. The van der Waals surface area contributed by atoms with Gasteiger partial charge >= 0.3 is 0 Å². The minimum absolute atomic E-state index is 0.0493. The van der Waals surface area contributed by atoms with Gasteiger partial charge in [-0.1, -0.05) is 13.0 Å². The van der Waals surface area contributed by atoms with E-state index in [1.807, 2.05) is 22.0 Å². The van der Waals surface area contributed by atoms with E-state index in [9.17, 15) is 4.79 Å². The second-order valence-electron chi connectivity index (χ2n) is 5.17. The molecule has 0 aliphatic carbocycles. The average molecular weight is 329 g/mol. The highest BCUT2D eigenvalue weighted by Crippen LogP contribution is 2.21. The Morgan fingerprint density at radius 3 is 3.13 bits per heavy atom. The highest BCUT2D eigenvalue weighted by molar-refractivity contribution is 7.10. The van der Waals surface area contributed by atoms with Crippen LogP contribution in [0, 0.1) is 0 Å². The lowest BCUT2D eigenvalue weighted by Crippen LogP contribution is -2.29. The molecule has 1 amide bonds. The van der Waals surface area contributed by atoms with Gasteiger partial charge in [-0.3, -0.25) is 14.2 Å². The zero-order valence-corrected chi connectivity index (χ0v) is 13.7. The van der Waals surface area contributed by atoms with Gasteiger partial charge in [-0.2, -0.15) is 0 Å². The third-order valence-corrected chi connectivity index (χ3v) is 4.59. The lowest BCUT2D eigenvalue weighted by atomic mass is 10.2. The quantitative estimate of drug-likeness (QED) is 0.699. The molecule has 0 fully saturated rings. The number of aromatic nitrogens is 3. The molecule has 0 saturated carbocycles. The molecule has 3 heterocycles. The van der Waals surface area contributed by atoms with Gasteiger partial charge in [-0.05, 0) is 17.9 Å². The zero-order valence-electron chi connectivity index (χ0n) is 12.9. The van der Waals surface area contributed by atoms with Crippen LogP contribution in [-0.4, -0.2) is 26.8 Å². The summed E-state index contributed by atoms with van der Waals surface area (Å²) in [6.07, 6.45) is 8.30. The summed E-state index contributed by atoms with van der Waals surface area (Å²) in [5.74, 6) is 0.911. The van der Waals surface area contributed by atoms with Gasteiger partial charge in [0, 0.05) is 30.2 Å². The molecule has 3 rings (SSSR count). The number of carbonyl (C=O) groups excluding carboxylic acids is 1. The number of nitrogens with one attached hydrogen (secondary N) is 2. The van der Waals surface area contributed by atoms with Crippen LogP contribution in [0.2, 0.25) is 0 Å². The summed E-state index contributed by atoms with van der Waals surface area (Å²) >= 11 is 1.67. The lowest BCUT2D eigenvalue weighted by molar-refractivity contribution is -0.121. The second-order valence-corrected chi connectivity index (χ2v) is 6.15. The number of anilines is 1. The minimum atomic E-state index is 0.0493. The molecule has 1 unspecified atom stereocenters. The molecular formula is C16H19N5OS. The number of fused-ring (bicyclic) bond motifs is 1. The number of imidazole rings is 1. The number of carbonyl (C=O) groups is 1. The third kappa shape index (κ3) is 3.68. The van der Waals surface area contributed by atoms with Crippen molar-refractivity contribution in [2.24, 2.45) is 0 Å². The van der Waals surface area contributed by atoms with Crippen LogP contribution in [0.15, 0.2) is 42.3 Å². The molecule has 0 aromatic carbocycles. The van der Waals surface area contributed by atoms with Gasteiger partial charge in [-0.15, -0.1) is 11.3 Å². The number of rotatable bonds is 7. The van der Waals surface area contributed by atoms with Gasteiger partial charge in [-0.25, -0.2) is 4.98 Å². The molecule has 0 radical (unpaired) electrons. The van der Waals surface area contributed by atoms with E-state index in [0.29, 0.717) is 13.0 Å². The van der Waals surface area contributed by atoms with Gasteiger partial charge in [0.15, 0.2) is 5.65 Å². The SMILES string of the molecule is CCC(NC(=O)CCNc1cnc2cnccn12)c1cccs1. The molecule has 6 nitrogen and oxygen atoms in total. The van der Waals surface area contributed by atoms with Crippen molar-refractivity contribution in [3.05, 3.63) is 47.2 Å². The lowest BCUT2D eigenvalue weighted by Gasteiger charge is -2.15. The Bertz CT molecular complexity index is 768. The molecule has 2 N–H and O–H groups in total. The number of thiophene rings is 1. The van der Waals surface area contributed by atoms with Crippen molar-refractivity contribution < 1.29 is 4.79 Å². The average Bonchev–Trinajstić information content (AvgIpc) is 3.23. The van der Waals surface area contributed by atoms with Crippen molar-refractivity contribution in [3.63, 3.8) is 0 Å². The Hall–Kier alpha value is -2.41. The maximum Gasteiger partial charge on any atom is 0.222 e. The summed E-state index contributed by atoms with van der Waals surface area (Å²) in [4.78, 5) is 21.6. The summed E-state index contributed by atoms with van der Waals surface area (Å²) in [6, 6.07) is 4.17. The molecule has 0 aliphatic rings. The van der Waals surface area contributed by atoms with E-state index in [0.717, 1.165) is 17.9 Å². The predicted molar refractivity (Wildman–Crippen MR) is 91.6 cm³/mol. The zero-order chi connectivity index (χ0) is 16.1. The molecule has 3 aromatic rings. The van der Waals surface area contributed by atoms with E-state index < -0.39 is 0 Å². The summed E-state index contributed by atoms with van der Waals surface area (Å²) in [7, 11) is 0. The fourth-order valence-corrected chi connectivity index (χ4v) is 3.27. The van der Waals surface area contributed by atoms with Crippen LogP contribution in [0.25, 0.3) is 5.65 Å². The Morgan fingerprint density at radius 1 is 1.43 bits per heavy atom. The van der Waals surface area contributed by atoms with E-state index in [-0.39, 0.29) is 11.9 Å². The van der Waals surface area contributed by atoms with E-state index in [2.05, 4.69) is 33.6 Å². The molecular weight excluding hydrogens is 310 g/mol. The van der Waals surface area contributed by atoms with Crippen LogP contribution in [0.3, 0.4) is 0 Å². The molecule has 1 atom stereocenters. The van der Waals surface area contributed by atoms with Crippen molar-refractivity contribution in [1.29, 1.82) is 0 Å². The molecule has 0 aliphatic heterocycles. The molecule has 3 aromatic heterocycles. The standard InChI is InChI=1S/C16H19N5OS/c1-2-12(13-4-3-9-23-13)20-16(22)5-6-18-15-11-19-14-10-17-7-8-21(14)15/h3-4,7-12,18H,2,5-6H2,1H3,(H,20,22). The van der Waals surface area contributed by atoms with Crippen LogP contribution in [0.5, 0.6) is 0 Å². The van der Waals surface area contributed by atoms with E-state index >= 15 is 0 Å². The van der Waals surface area contributed by atoms with E-state index in [1.165, 1.54) is 4.88 Å². The number of nitrogens with zero attached hydrogens (tertiary/aromatic N) is 3. The fourth-order valence-electron chi connectivity index (χ4n) is 2.41. The molecule has 23 heavy (non-hydrogen) atoms. The molecule has 0 saturated heterocycles. The second kappa shape index (κ2) is 7.23. The first-order valence-corrected chi connectivity index (χ1v) is 8.49. The monoisotopic (exact) mass is 329 g/mol. The van der Waals surface area contributed by atoms with Crippen molar-refractivity contribution in [2.45, 2.75) is 25.8 Å². The van der Waals surface area contributed by atoms with Crippen LogP contribution >= 0.6 is 11.3 Å². The van der Waals surface area contributed by atoms with E-state index in [1.54, 1.807) is 29.9 Å². The van der Waals surface area contributed by atoms with Crippen LogP contribution in [0.1, 0.15) is 30.7 Å². The van der Waals surface area contributed by atoms with Crippen molar-refractivity contribution in [3.8, 4) is 0 Å². The van der Waals surface area contributed by atoms with Crippen molar-refractivity contribution in [2.75, 3.05) is 11.9 Å². The number of hydrogen-bond donors (Lipinski definition) is 2. The Labute approximate surface area is 138 Å². The molecule has 120 valence electrons. The number of amides is 1. The van der Waals surface area contributed by atoms with E-state index in [4.69, 9.17) is 0 Å². The maximum absolute atomic E-state index is 12.1. The first kappa shape index (κ1) is 15.5. The largest absolute Gasteiger partial charge is 0.369 e. The van der Waals surface area contributed by atoms with Crippen LogP contribution in [0.4, 0.5) is 5.82 Å². The fraction of sp³-hybridized carbons (Fsp3) is 0.312. The topological polar surface area (TPSA) is 71.3 Å². The first-order valence-electron chi connectivity index (χ1n) is 7.61. The van der Waals surface area contributed by atoms with Crippen molar-refractivity contribution >= 4 is 28.7 Å². The van der Waals surface area contributed by atoms with Gasteiger partial charge in [0.2, 0.25) is 5.91 Å². The highest BCUT2D eigenvalue weighted by Gasteiger charge is 2.13. The smallest absolute Gasteiger partial charge is 0.222 e. The Morgan fingerprint density at radius 2 is 2.35 bits per heavy atom. The molecule has 0 spiro atoms. The van der Waals surface area contributed by atoms with Crippen molar-refractivity contribution in [1.82, 2.24) is 19.7 Å². The molecule has 7 heteroatoms. The maximum atomic E-state index is 12.1. The van der Waals surface area contributed by atoms with Crippen LogP contribution < -0.4 is 10.6 Å². The first-order chi connectivity index (χ1) is 11.3. The summed E-state index contributed by atoms with van der Waals surface area (Å²) in [5.41, 5.74) is 0.781. The Balaban J connectivity index is 1.51. The predicted octanol–water partition coefficient (Wildman–Crippen LogP) is 2.86. The summed E-state index contributed by atoms with van der Waals surface area (Å²) in [6.45, 7) is 2.64. The Kier molecular flexibility index (Phi) is 4.87. The van der Waals surface area contributed by atoms with Gasteiger partial charge < -0.3 is 10.6 Å². The normalized spacial score (nSPS) is 12.2. The van der Waals surface area contributed by atoms with Gasteiger partial charge in [0.25, 0.3) is 0 Å². The summed E-state index contributed by atoms with van der Waals surface area (Å²) < 4.78 is 1.91.